The molecule has 8 heteroatoms. The summed E-state index contributed by atoms with van der Waals surface area (Å²) < 4.78 is 50.5. The molecule has 0 radical (unpaired) electrons. The summed E-state index contributed by atoms with van der Waals surface area (Å²) in [6.45, 7) is 1.79. The summed E-state index contributed by atoms with van der Waals surface area (Å²) in [4.78, 5) is 0. The zero-order chi connectivity index (χ0) is 18.9. The molecular weight excluding hydrogens is 349 g/mol. The minimum absolute atomic E-state index is 0.0835. The van der Waals surface area contributed by atoms with Gasteiger partial charge in [0.05, 0.1) is 7.11 Å². The van der Waals surface area contributed by atoms with E-state index >= 15 is 0 Å². The number of aromatic amines is 1. The van der Waals surface area contributed by atoms with E-state index in [1.807, 2.05) is 5.10 Å². The van der Waals surface area contributed by atoms with Crippen molar-refractivity contribution >= 4 is 0 Å². The van der Waals surface area contributed by atoms with Crippen LogP contribution in [0.4, 0.5) is 13.2 Å². The van der Waals surface area contributed by atoms with Gasteiger partial charge in [0.25, 0.3) is 0 Å². The van der Waals surface area contributed by atoms with Gasteiger partial charge in [-0.2, -0.15) is 18.3 Å². The maximum atomic E-state index is 13.3. The average molecular weight is 364 g/mol. The first-order valence-electron chi connectivity index (χ1n) is 7.57. The summed E-state index contributed by atoms with van der Waals surface area (Å²) in [5.74, 6) is -0.202. The minimum atomic E-state index is -4.70. The number of nitrogens with zero attached hydrogens (tertiary/aromatic N) is 1. The first-order chi connectivity index (χ1) is 12.3. The van der Waals surface area contributed by atoms with Crippen LogP contribution in [-0.4, -0.2) is 22.4 Å². The number of benzene rings is 2. The van der Waals surface area contributed by atoms with Gasteiger partial charge in [-0.3, -0.25) is 5.10 Å². The molecule has 0 saturated heterocycles. The number of rotatable bonds is 4. The molecule has 0 fully saturated rings. The molecule has 5 nitrogen and oxygen atoms in total. The number of hydrogen-bond donors (Lipinski definition) is 2. The van der Waals surface area contributed by atoms with E-state index in [0.29, 0.717) is 5.75 Å². The van der Waals surface area contributed by atoms with Gasteiger partial charge in [0.15, 0.2) is 11.4 Å². The van der Waals surface area contributed by atoms with Crippen LogP contribution in [0.3, 0.4) is 0 Å². The fourth-order valence-corrected chi connectivity index (χ4v) is 2.44. The van der Waals surface area contributed by atoms with E-state index in [9.17, 15) is 18.3 Å². The van der Waals surface area contributed by atoms with Crippen LogP contribution in [-0.2, 0) is 6.18 Å². The largest absolute Gasteiger partial charge is 0.507 e. The van der Waals surface area contributed by atoms with Gasteiger partial charge in [0.1, 0.15) is 22.9 Å². The minimum Gasteiger partial charge on any atom is -0.507 e. The Hall–Kier alpha value is -3.16. The summed E-state index contributed by atoms with van der Waals surface area (Å²) in [5.41, 5.74) is -0.378. The van der Waals surface area contributed by atoms with Gasteiger partial charge in [-0.1, -0.05) is 12.1 Å². The van der Waals surface area contributed by atoms with Crippen LogP contribution in [0.1, 0.15) is 11.3 Å². The lowest BCUT2D eigenvalue weighted by Gasteiger charge is -2.12. The number of H-pyrrole nitrogens is 1. The maximum absolute atomic E-state index is 13.3. The summed E-state index contributed by atoms with van der Waals surface area (Å²) >= 11 is 0. The second-order valence-electron chi connectivity index (χ2n) is 5.58. The Bertz CT molecular complexity index is 936. The second-order valence-corrected chi connectivity index (χ2v) is 5.58. The quantitative estimate of drug-likeness (QED) is 0.690. The molecule has 0 bridgehead atoms. The van der Waals surface area contributed by atoms with Crippen molar-refractivity contribution in [1.29, 1.82) is 0 Å². The normalized spacial score (nSPS) is 11.4. The van der Waals surface area contributed by atoms with E-state index in [1.165, 1.54) is 31.4 Å². The lowest BCUT2D eigenvalue weighted by atomic mass is 10.1. The van der Waals surface area contributed by atoms with Gasteiger partial charge < -0.3 is 14.6 Å². The lowest BCUT2D eigenvalue weighted by Crippen LogP contribution is -2.07. The van der Waals surface area contributed by atoms with Crippen molar-refractivity contribution < 1.29 is 27.8 Å². The average Bonchev–Trinajstić information content (AvgIpc) is 2.98. The van der Waals surface area contributed by atoms with E-state index in [1.54, 1.807) is 25.1 Å². The Balaban J connectivity index is 2.13. The first-order valence-corrected chi connectivity index (χ1v) is 7.57. The highest BCUT2D eigenvalue weighted by Gasteiger charge is 2.39. The van der Waals surface area contributed by atoms with Crippen molar-refractivity contribution in [3.05, 3.63) is 53.7 Å². The number of aryl methyl sites for hydroxylation is 1. The van der Waals surface area contributed by atoms with Crippen LogP contribution >= 0.6 is 0 Å². The van der Waals surface area contributed by atoms with Crippen molar-refractivity contribution in [2.75, 3.05) is 7.11 Å². The van der Waals surface area contributed by atoms with E-state index in [-0.39, 0.29) is 22.8 Å². The Morgan fingerprint density at radius 2 is 1.85 bits per heavy atom. The fourth-order valence-electron chi connectivity index (χ4n) is 2.44. The van der Waals surface area contributed by atoms with E-state index in [0.717, 1.165) is 5.56 Å². The molecule has 2 aromatic carbocycles. The van der Waals surface area contributed by atoms with Crippen LogP contribution in [0.5, 0.6) is 23.0 Å². The highest BCUT2D eigenvalue weighted by Crippen LogP contribution is 2.44. The van der Waals surface area contributed by atoms with Gasteiger partial charge in [0, 0.05) is 11.6 Å². The number of aromatic nitrogens is 2. The number of ether oxygens (including phenoxy) is 2. The second kappa shape index (κ2) is 6.62. The first kappa shape index (κ1) is 17.7. The van der Waals surface area contributed by atoms with E-state index in [4.69, 9.17) is 9.47 Å². The Labute approximate surface area is 147 Å². The fraction of sp³-hybridized carbons (Fsp3) is 0.167. The number of phenols is 1. The Morgan fingerprint density at radius 3 is 2.46 bits per heavy atom. The number of methoxy groups -OCH3 is 1. The van der Waals surface area contributed by atoms with Crippen molar-refractivity contribution in [3.63, 3.8) is 0 Å². The number of hydrogen-bond acceptors (Lipinski definition) is 4. The number of phenolic OH excluding ortho intramolecular Hbond substituents is 1. The molecule has 0 amide bonds. The van der Waals surface area contributed by atoms with Crippen molar-refractivity contribution in [2.24, 2.45) is 0 Å². The number of nitrogens with one attached hydrogen (secondary N) is 1. The predicted molar refractivity (Wildman–Crippen MR) is 88.5 cm³/mol. The van der Waals surface area contributed by atoms with E-state index in [2.05, 4.69) is 5.10 Å². The summed E-state index contributed by atoms with van der Waals surface area (Å²) in [5, 5.41) is 15.8. The third-order valence-electron chi connectivity index (χ3n) is 3.67. The van der Waals surface area contributed by atoms with Gasteiger partial charge in [-0.05, 0) is 36.8 Å². The summed E-state index contributed by atoms with van der Waals surface area (Å²) in [6, 6.07) is 10.8. The molecule has 0 aliphatic carbocycles. The Morgan fingerprint density at radius 1 is 1.08 bits per heavy atom. The van der Waals surface area contributed by atoms with Crippen molar-refractivity contribution in [1.82, 2.24) is 10.2 Å². The standard InChI is InChI=1S/C18H15F3N2O3/c1-10-4-3-5-12(8-10)26-16-15(22-23-17(16)18(19,20)21)13-7-6-11(25-2)9-14(13)24/h3-9,24H,1-2H3,(H,22,23). The summed E-state index contributed by atoms with van der Waals surface area (Å²) in [6.07, 6.45) is -4.70. The number of alkyl halides is 3. The Kier molecular flexibility index (Phi) is 4.50. The van der Waals surface area contributed by atoms with Crippen LogP contribution in [0, 0.1) is 6.92 Å². The topological polar surface area (TPSA) is 67.4 Å². The van der Waals surface area contributed by atoms with E-state index < -0.39 is 17.6 Å². The molecule has 3 aromatic rings. The molecule has 0 saturated carbocycles. The summed E-state index contributed by atoms with van der Waals surface area (Å²) in [7, 11) is 1.41. The van der Waals surface area contributed by atoms with Crippen molar-refractivity contribution in [3.8, 4) is 34.3 Å². The van der Waals surface area contributed by atoms with Gasteiger partial charge >= 0.3 is 6.18 Å². The molecule has 0 aliphatic heterocycles. The molecule has 0 unspecified atom stereocenters. The van der Waals surface area contributed by atoms with Crippen LogP contribution in [0.15, 0.2) is 42.5 Å². The lowest BCUT2D eigenvalue weighted by molar-refractivity contribution is -0.142. The number of halogens is 3. The molecule has 2 N–H and O–H groups in total. The zero-order valence-corrected chi connectivity index (χ0v) is 13.9. The molecule has 0 aliphatic rings. The predicted octanol–water partition coefficient (Wildman–Crippen LogP) is 4.91. The molecule has 0 atom stereocenters. The van der Waals surface area contributed by atoms with Crippen LogP contribution < -0.4 is 9.47 Å². The van der Waals surface area contributed by atoms with Gasteiger partial charge in [0.2, 0.25) is 0 Å². The molecular formula is C18H15F3N2O3. The van der Waals surface area contributed by atoms with Crippen molar-refractivity contribution in [2.45, 2.75) is 13.1 Å². The monoisotopic (exact) mass is 364 g/mol. The smallest absolute Gasteiger partial charge is 0.436 e. The van der Waals surface area contributed by atoms with Gasteiger partial charge in [-0.15, -0.1) is 0 Å². The maximum Gasteiger partial charge on any atom is 0.436 e. The van der Waals surface area contributed by atoms with Crippen LogP contribution in [0.25, 0.3) is 11.3 Å². The highest BCUT2D eigenvalue weighted by atomic mass is 19.4. The zero-order valence-electron chi connectivity index (χ0n) is 13.9. The molecule has 3 rings (SSSR count). The third kappa shape index (κ3) is 3.44. The highest BCUT2D eigenvalue weighted by molar-refractivity contribution is 5.74. The number of aromatic hydroxyl groups is 1. The molecule has 0 spiro atoms. The third-order valence-corrected chi connectivity index (χ3v) is 3.67. The van der Waals surface area contributed by atoms with Crippen LogP contribution in [0.2, 0.25) is 0 Å². The molecule has 1 heterocycles. The molecule has 1 aromatic heterocycles. The van der Waals surface area contributed by atoms with Gasteiger partial charge in [-0.25, -0.2) is 0 Å². The molecule has 136 valence electrons. The SMILES string of the molecule is COc1ccc(-c2n[nH]c(C(F)(F)F)c2Oc2cccc(C)c2)c(O)c1. The molecule has 26 heavy (non-hydrogen) atoms.